The van der Waals surface area contributed by atoms with Gasteiger partial charge in [0.15, 0.2) is 5.60 Å². The van der Waals surface area contributed by atoms with Crippen LogP contribution in [0.5, 0.6) is 0 Å². The smallest absolute Gasteiger partial charge is 0.336 e. The van der Waals surface area contributed by atoms with Gasteiger partial charge in [0.25, 0.3) is 0 Å². The first-order valence-corrected chi connectivity index (χ1v) is 21.4. The summed E-state index contributed by atoms with van der Waals surface area (Å²) in [4.78, 5) is 26.7. The molecule has 0 aromatic carbocycles. The summed E-state index contributed by atoms with van der Waals surface area (Å²) < 4.78 is 0. The number of rotatable bonds is 39. The van der Waals surface area contributed by atoms with Crippen molar-refractivity contribution >= 4 is 11.9 Å². The molecular weight excluding hydrogens is 610 g/mol. The van der Waals surface area contributed by atoms with E-state index in [2.05, 4.69) is 20.4 Å². The summed E-state index contributed by atoms with van der Waals surface area (Å²) in [6, 6.07) is 0. The molecule has 6 heteroatoms. The minimum Gasteiger partial charge on any atom is -0.513 e. The lowest BCUT2D eigenvalue weighted by molar-refractivity contribution is -0.164. The molecule has 3 N–H and O–H groups in total. The SMILES string of the molecule is C=C(O)CC(O)(CC(=O)N(CCCCCCCCCCCCCCCCCC)CCCCCCCCCCCCCCCCCC)C(=O)O. The van der Waals surface area contributed by atoms with Crippen LogP contribution in [0.1, 0.15) is 232 Å². The summed E-state index contributed by atoms with van der Waals surface area (Å²) in [6.45, 7) is 9.05. The van der Waals surface area contributed by atoms with Gasteiger partial charge >= 0.3 is 5.97 Å². The topological polar surface area (TPSA) is 98.1 Å². The van der Waals surface area contributed by atoms with Crippen LogP contribution in [0.4, 0.5) is 0 Å². The van der Waals surface area contributed by atoms with Gasteiger partial charge in [-0.25, -0.2) is 4.79 Å². The van der Waals surface area contributed by atoms with Crippen LogP contribution in [0, 0.1) is 0 Å². The second-order valence-corrected chi connectivity index (χ2v) is 15.2. The summed E-state index contributed by atoms with van der Waals surface area (Å²) >= 11 is 0. The lowest BCUT2D eigenvalue weighted by Crippen LogP contribution is -2.45. The first-order chi connectivity index (χ1) is 23.8. The summed E-state index contributed by atoms with van der Waals surface area (Å²) in [5.74, 6) is -2.28. The number of hydrogen-bond donors (Lipinski definition) is 3. The van der Waals surface area contributed by atoms with Gasteiger partial charge in [0.05, 0.1) is 12.2 Å². The summed E-state index contributed by atoms with van der Waals surface area (Å²) in [5.41, 5.74) is -2.33. The van der Waals surface area contributed by atoms with Crippen molar-refractivity contribution in [1.29, 1.82) is 0 Å². The molecule has 1 amide bonds. The molecule has 0 heterocycles. The van der Waals surface area contributed by atoms with Crippen molar-refractivity contribution < 1.29 is 24.9 Å². The number of unbranched alkanes of at least 4 members (excludes halogenated alkanes) is 30. The summed E-state index contributed by atoms with van der Waals surface area (Å²) in [6.07, 6.45) is 40.3. The Balaban J connectivity index is 4.24. The Morgan fingerprint density at radius 2 is 0.694 bits per heavy atom. The maximum absolute atomic E-state index is 13.2. The number of carbonyl (C=O) groups excluding carboxylic acids is 1. The van der Waals surface area contributed by atoms with Crippen molar-refractivity contribution in [2.24, 2.45) is 0 Å². The van der Waals surface area contributed by atoms with Crippen molar-refractivity contribution in [3.8, 4) is 0 Å². The molecule has 0 aliphatic heterocycles. The third kappa shape index (κ3) is 30.9. The lowest BCUT2D eigenvalue weighted by Gasteiger charge is -2.28. The Hall–Kier alpha value is -1.56. The zero-order valence-electron chi connectivity index (χ0n) is 32.8. The van der Waals surface area contributed by atoms with Gasteiger partial charge in [0, 0.05) is 19.5 Å². The summed E-state index contributed by atoms with van der Waals surface area (Å²) in [7, 11) is 0. The molecule has 0 saturated heterocycles. The number of nitrogens with zero attached hydrogens (tertiary/aromatic N) is 1. The van der Waals surface area contributed by atoms with Crippen molar-refractivity contribution in [1.82, 2.24) is 4.90 Å². The molecule has 0 saturated carbocycles. The van der Waals surface area contributed by atoms with Gasteiger partial charge in [-0.2, -0.15) is 0 Å². The zero-order valence-corrected chi connectivity index (χ0v) is 32.8. The van der Waals surface area contributed by atoms with Crippen LogP contribution in [-0.2, 0) is 9.59 Å². The fourth-order valence-electron chi connectivity index (χ4n) is 6.98. The standard InChI is InChI=1S/C43H83NO5/c1-4-6-8-10-12-14-16-18-20-22-24-26-28-30-32-34-36-44(41(46)39-43(49,42(47)48)38-40(3)45)37-35-33-31-29-27-25-23-21-19-17-15-13-11-9-7-5-2/h45,49H,3-39H2,1-2H3,(H,47,48). The fraction of sp³-hybridized carbons (Fsp3) is 0.907. The van der Waals surface area contributed by atoms with Gasteiger partial charge in [-0.15, -0.1) is 0 Å². The monoisotopic (exact) mass is 694 g/mol. The van der Waals surface area contributed by atoms with Crippen molar-refractivity contribution in [2.75, 3.05) is 13.1 Å². The largest absolute Gasteiger partial charge is 0.513 e. The Kier molecular flexibility index (Phi) is 33.8. The Labute approximate surface area is 304 Å². The maximum Gasteiger partial charge on any atom is 0.336 e. The zero-order chi connectivity index (χ0) is 36.3. The van der Waals surface area contributed by atoms with Crippen molar-refractivity contribution in [3.63, 3.8) is 0 Å². The van der Waals surface area contributed by atoms with E-state index in [0.717, 1.165) is 38.5 Å². The van der Waals surface area contributed by atoms with Crippen molar-refractivity contribution in [2.45, 2.75) is 238 Å². The molecule has 0 aromatic heterocycles. The third-order valence-electron chi connectivity index (χ3n) is 10.3. The molecule has 0 aliphatic rings. The molecule has 6 nitrogen and oxygen atoms in total. The molecule has 0 fully saturated rings. The molecular formula is C43H83NO5. The predicted octanol–water partition coefficient (Wildman–Crippen LogP) is 13.0. The second kappa shape index (κ2) is 34.9. The molecule has 0 bridgehead atoms. The van der Waals surface area contributed by atoms with Gasteiger partial charge in [-0.1, -0.05) is 213 Å². The number of aliphatic hydroxyl groups is 2. The van der Waals surface area contributed by atoms with E-state index in [9.17, 15) is 24.9 Å². The third-order valence-corrected chi connectivity index (χ3v) is 10.3. The lowest BCUT2D eigenvalue weighted by atomic mass is 9.94. The van der Waals surface area contributed by atoms with Crippen molar-refractivity contribution in [3.05, 3.63) is 12.3 Å². The van der Waals surface area contributed by atoms with E-state index in [1.807, 2.05) is 0 Å². The number of carboxylic acids is 1. The Morgan fingerprint density at radius 3 is 0.918 bits per heavy atom. The van der Waals surface area contributed by atoms with E-state index >= 15 is 0 Å². The maximum atomic E-state index is 13.2. The quantitative estimate of drug-likeness (QED) is 0.0440. The van der Waals surface area contributed by atoms with E-state index < -0.39 is 30.2 Å². The number of aliphatic hydroxyl groups excluding tert-OH is 1. The number of hydrogen-bond acceptors (Lipinski definition) is 4. The van der Waals surface area contributed by atoms with Crippen LogP contribution in [0.2, 0.25) is 0 Å². The number of carboxylic acid groups (broad SMARTS) is 1. The second-order valence-electron chi connectivity index (χ2n) is 15.2. The van der Waals surface area contributed by atoms with Gasteiger partial charge in [-0.3, -0.25) is 4.79 Å². The van der Waals surface area contributed by atoms with E-state index in [4.69, 9.17) is 0 Å². The van der Waals surface area contributed by atoms with Crippen LogP contribution in [0.15, 0.2) is 12.3 Å². The van der Waals surface area contributed by atoms with E-state index in [0.29, 0.717) is 13.1 Å². The average Bonchev–Trinajstić information content (AvgIpc) is 3.06. The highest BCUT2D eigenvalue weighted by atomic mass is 16.4. The van der Waals surface area contributed by atoms with Gasteiger partial charge < -0.3 is 20.2 Å². The molecule has 0 aliphatic carbocycles. The molecule has 0 rings (SSSR count). The summed E-state index contributed by atoms with van der Waals surface area (Å²) in [5, 5.41) is 29.8. The first-order valence-electron chi connectivity index (χ1n) is 21.4. The number of amides is 1. The van der Waals surface area contributed by atoms with E-state index in [-0.39, 0.29) is 5.91 Å². The van der Waals surface area contributed by atoms with E-state index in [1.165, 1.54) is 167 Å². The minimum atomic E-state index is -2.33. The van der Waals surface area contributed by atoms with Gasteiger partial charge in [0.1, 0.15) is 0 Å². The molecule has 290 valence electrons. The molecule has 1 atom stereocenters. The molecule has 0 spiro atoms. The highest BCUT2D eigenvalue weighted by Gasteiger charge is 2.40. The van der Waals surface area contributed by atoms with Crippen LogP contribution in [0.25, 0.3) is 0 Å². The van der Waals surface area contributed by atoms with Gasteiger partial charge in [0.2, 0.25) is 5.91 Å². The molecule has 0 aromatic rings. The Morgan fingerprint density at radius 1 is 0.449 bits per heavy atom. The fourth-order valence-corrected chi connectivity index (χ4v) is 6.98. The van der Waals surface area contributed by atoms with E-state index in [1.54, 1.807) is 4.90 Å². The number of carbonyl (C=O) groups is 2. The molecule has 49 heavy (non-hydrogen) atoms. The number of aliphatic carboxylic acids is 1. The minimum absolute atomic E-state index is 0.354. The van der Waals surface area contributed by atoms with Crippen LogP contribution in [-0.4, -0.2) is 50.8 Å². The van der Waals surface area contributed by atoms with Crippen LogP contribution in [0.3, 0.4) is 0 Å². The first kappa shape index (κ1) is 47.4. The normalized spacial score (nSPS) is 12.6. The average molecular weight is 694 g/mol. The highest BCUT2D eigenvalue weighted by molar-refractivity contribution is 5.87. The van der Waals surface area contributed by atoms with Crippen LogP contribution >= 0.6 is 0 Å². The predicted molar refractivity (Wildman–Crippen MR) is 209 cm³/mol. The molecule has 0 radical (unpaired) electrons. The highest BCUT2D eigenvalue weighted by Crippen LogP contribution is 2.22. The van der Waals surface area contributed by atoms with Crippen LogP contribution < -0.4 is 0 Å². The molecule has 1 unspecified atom stereocenters. The Bertz CT molecular complexity index is 735. The van der Waals surface area contributed by atoms with Gasteiger partial charge in [-0.05, 0) is 12.8 Å².